The smallest absolute Gasteiger partial charge is 0.0897 e. The summed E-state index contributed by atoms with van der Waals surface area (Å²) in [7, 11) is 0. The first-order valence-corrected chi connectivity index (χ1v) is 10.6. The van der Waals surface area contributed by atoms with Crippen molar-refractivity contribution in [3.63, 3.8) is 0 Å². The van der Waals surface area contributed by atoms with Crippen molar-refractivity contribution in [1.82, 2.24) is 10.6 Å². The average molecular weight is 377 g/mol. The van der Waals surface area contributed by atoms with Crippen LogP contribution in [0, 0.1) is 0 Å². The summed E-state index contributed by atoms with van der Waals surface area (Å²) < 4.78 is 10.9. The average Bonchev–Trinajstić information content (AvgIpc) is 2.63. The highest BCUT2D eigenvalue weighted by Crippen LogP contribution is 2.00. The lowest BCUT2D eigenvalue weighted by Gasteiger charge is -2.14. The van der Waals surface area contributed by atoms with Crippen molar-refractivity contribution in [2.45, 2.75) is 77.4 Å². The molecule has 0 aliphatic heterocycles. The molecular formula is C20H44N2O4. The highest BCUT2D eigenvalue weighted by molar-refractivity contribution is 4.62. The van der Waals surface area contributed by atoms with Gasteiger partial charge in [0.05, 0.1) is 25.4 Å². The van der Waals surface area contributed by atoms with Crippen LogP contribution in [0.4, 0.5) is 0 Å². The van der Waals surface area contributed by atoms with Gasteiger partial charge < -0.3 is 30.3 Å². The van der Waals surface area contributed by atoms with Gasteiger partial charge in [-0.05, 0) is 12.8 Å². The fourth-order valence-electron chi connectivity index (χ4n) is 2.53. The van der Waals surface area contributed by atoms with E-state index in [0.29, 0.717) is 26.3 Å². The van der Waals surface area contributed by atoms with Gasteiger partial charge in [0.1, 0.15) is 0 Å². The van der Waals surface area contributed by atoms with Crippen LogP contribution in [0.3, 0.4) is 0 Å². The van der Waals surface area contributed by atoms with Crippen molar-refractivity contribution in [2.75, 3.05) is 52.6 Å². The van der Waals surface area contributed by atoms with Crippen LogP contribution in [-0.4, -0.2) is 75.0 Å². The molecule has 0 aromatic rings. The largest absolute Gasteiger partial charge is 0.389 e. The van der Waals surface area contributed by atoms with E-state index in [0.717, 1.165) is 39.1 Å². The molecule has 2 atom stereocenters. The van der Waals surface area contributed by atoms with E-state index in [1.807, 2.05) is 0 Å². The number of hydrogen-bond donors (Lipinski definition) is 4. The van der Waals surface area contributed by atoms with Crippen molar-refractivity contribution in [3.8, 4) is 0 Å². The standard InChI is InChI=1S/C20H44N2O4/c1-3-5-7-9-13-25-17-19(23)15-21-11-12-22-16-20(24)18-26-14-10-8-6-4-2/h19-24H,3-18H2,1-2H3/t19-,20-/m1/s1. The van der Waals surface area contributed by atoms with E-state index in [2.05, 4.69) is 24.5 Å². The van der Waals surface area contributed by atoms with Crippen LogP contribution < -0.4 is 10.6 Å². The lowest BCUT2D eigenvalue weighted by Crippen LogP contribution is -2.37. The van der Waals surface area contributed by atoms with Gasteiger partial charge in [-0.3, -0.25) is 0 Å². The molecule has 0 rings (SSSR count). The predicted octanol–water partition coefficient (Wildman–Crippen LogP) is 2.08. The zero-order valence-electron chi connectivity index (χ0n) is 17.2. The molecular weight excluding hydrogens is 332 g/mol. The van der Waals surface area contributed by atoms with Gasteiger partial charge in [0.25, 0.3) is 0 Å². The van der Waals surface area contributed by atoms with Crippen molar-refractivity contribution >= 4 is 0 Å². The van der Waals surface area contributed by atoms with E-state index >= 15 is 0 Å². The molecule has 6 nitrogen and oxygen atoms in total. The topological polar surface area (TPSA) is 83.0 Å². The summed E-state index contributed by atoms with van der Waals surface area (Å²) in [6.45, 7) is 9.18. The third kappa shape index (κ3) is 20.1. The molecule has 0 aromatic heterocycles. The molecule has 0 radical (unpaired) electrons. The van der Waals surface area contributed by atoms with Gasteiger partial charge in [-0.2, -0.15) is 0 Å². The summed E-state index contributed by atoms with van der Waals surface area (Å²) >= 11 is 0. The Hall–Kier alpha value is -0.240. The molecule has 0 spiro atoms. The molecule has 0 amide bonds. The Bertz CT molecular complexity index is 244. The SMILES string of the molecule is CCCCCCOC[C@H](O)CNCCNC[C@@H](O)COCCCCCC. The summed E-state index contributed by atoms with van der Waals surface area (Å²) in [6, 6.07) is 0. The molecule has 158 valence electrons. The van der Waals surface area contributed by atoms with Gasteiger partial charge in [-0.1, -0.05) is 52.4 Å². The second-order valence-electron chi connectivity index (χ2n) is 6.99. The third-order valence-corrected chi connectivity index (χ3v) is 4.14. The Kier molecular flexibility index (Phi) is 20.9. The number of rotatable bonds is 21. The maximum absolute atomic E-state index is 9.81. The summed E-state index contributed by atoms with van der Waals surface area (Å²) in [5.41, 5.74) is 0. The maximum Gasteiger partial charge on any atom is 0.0897 e. The van der Waals surface area contributed by atoms with E-state index in [4.69, 9.17) is 9.47 Å². The van der Waals surface area contributed by atoms with E-state index in [9.17, 15) is 10.2 Å². The first-order valence-electron chi connectivity index (χ1n) is 10.6. The molecule has 6 heteroatoms. The fourth-order valence-corrected chi connectivity index (χ4v) is 2.53. The summed E-state index contributed by atoms with van der Waals surface area (Å²) in [5.74, 6) is 0. The van der Waals surface area contributed by atoms with E-state index < -0.39 is 12.2 Å². The van der Waals surface area contributed by atoms with Crippen molar-refractivity contribution in [2.24, 2.45) is 0 Å². The molecule has 26 heavy (non-hydrogen) atoms. The Labute approximate surface area is 161 Å². The minimum Gasteiger partial charge on any atom is -0.389 e. The van der Waals surface area contributed by atoms with E-state index in [1.165, 1.54) is 38.5 Å². The molecule has 0 aromatic carbocycles. The number of aliphatic hydroxyl groups is 2. The zero-order chi connectivity index (χ0) is 19.3. The van der Waals surface area contributed by atoms with Gasteiger partial charge in [-0.25, -0.2) is 0 Å². The van der Waals surface area contributed by atoms with Crippen LogP contribution in [0.5, 0.6) is 0 Å². The molecule has 0 heterocycles. The van der Waals surface area contributed by atoms with Gasteiger partial charge in [-0.15, -0.1) is 0 Å². The number of aliphatic hydroxyl groups excluding tert-OH is 2. The minimum atomic E-state index is -0.465. The van der Waals surface area contributed by atoms with E-state index in [1.54, 1.807) is 0 Å². The normalized spacial score (nSPS) is 13.8. The highest BCUT2D eigenvalue weighted by Gasteiger charge is 2.05. The maximum atomic E-state index is 9.81. The Morgan fingerprint density at radius 3 is 1.46 bits per heavy atom. The van der Waals surface area contributed by atoms with Gasteiger partial charge in [0.2, 0.25) is 0 Å². The molecule has 0 saturated heterocycles. The molecule has 0 aliphatic rings. The second kappa shape index (κ2) is 21.1. The fraction of sp³-hybridized carbons (Fsp3) is 1.00. The zero-order valence-corrected chi connectivity index (χ0v) is 17.2. The first-order chi connectivity index (χ1) is 12.7. The number of hydrogen-bond acceptors (Lipinski definition) is 6. The number of ether oxygens (including phenoxy) is 2. The van der Waals surface area contributed by atoms with Crippen LogP contribution in [-0.2, 0) is 9.47 Å². The molecule has 0 bridgehead atoms. The van der Waals surface area contributed by atoms with Gasteiger partial charge in [0, 0.05) is 39.4 Å². The Balaban J connectivity index is 3.25. The molecule has 0 fully saturated rings. The Morgan fingerprint density at radius 1 is 0.654 bits per heavy atom. The predicted molar refractivity (Wildman–Crippen MR) is 108 cm³/mol. The highest BCUT2D eigenvalue weighted by atomic mass is 16.5. The Morgan fingerprint density at radius 2 is 1.08 bits per heavy atom. The minimum absolute atomic E-state index is 0.390. The molecule has 0 saturated carbocycles. The van der Waals surface area contributed by atoms with E-state index in [-0.39, 0.29) is 0 Å². The summed E-state index contributed by atoms with van der Waals surface area (Å²) in [4.78, 5) is 0. The van der Waals surface area contributed by atoms with Crippen molar-refractivity contribution in [3.05, 3.63) is 0 Å². The second-order valence-corrected chi connectivity index (χ2v) is 6.99. The number of nitrogens with one attached hydrogen (secondary N) is 2. The van der Waals surface area contributed by atoms with Gasteiger partial charge >= 0.3 is 0 Å². The van der Waals surface area contributed by atoms with Crippen LogP contribution in [0.2, 0.25) is 0 Å². The lowest BCUT2D eigenvalue weighted by atomic mass is 10.2. The molecule has 0 unspecified atom stereocenters. The number of unbranched alkanes of at least 4 members (excludes halogenated alkanes) is 6. The van der Waals surface area contributed by atoms with Crippen LogP contribution in [0.25, 0.3) is 0 Å². The lowest BCUT2D eigenvalue weighted by molar-refractivity contribution is 0.0339. The first kappa shape index (κ1) is 25.8. The van der Waals surface area contributed by atoms with Crippen molar-refractivity contribution < 1.29 is 19.7 Å². The van der Waals surface area contributed by atoms with Crippen LogP contribution in [0.15, 0.2) is 0 Å². The molecule has 0 aliphatic carbocycles. The monoisotopic (exact) mass is 376 g/mol. The summed E-state index contributed by atoms with van der Waals surface area (Å²) in [6.07, 6.45) is 8.57. The van der Waals surface area contributed by atoms with Crippen LogP contribution >= 0.6 is 0 Å². The van der Waals surface area contributed by atoms with Crippen LogP contribution in [0.1, 0.15) is 65.2 Å². The quantitative estimate of drug-likeness (QED) is 0.230. The molecule has 4 N–H and O–H groups in total. The third-order valence-electron chi connectivity index (χ3n) is 4.14. The summed E-state index contributed by atoms with van der Waals surface area (Å²) in [5, 5.41) is 26.0. The van der Waals surface area contributed by atoms with Gasteiger partial charge in [0.15, 0.2) is 0 Å². The van der Waals surface area contributed by atoms with Crippen molar-refractivity contribution in [1.29, 1.82) is 0 Å².